The summed E-state index contributed by atoms with van der Waals surface area (Å²) in [6.45, 7) is 1.28. The van der Waals surface area contributed by atoms with Gasteiger partial charge in [-0.15, -0.1) is 0 Å². The third-order valence-electron chi connectivity index (χ3n) is 3.48. The van der Waals surface area contributed by atoms with Gasteiger partial charge in [0.1, 0.15) is 0 Å². The average Bonchev–Trinajstić information content (AvgIpc) is 3.00. The molecular formula is C17H17BrN2O3. The monoisotopic (exact) mass is 376 g/mol. The van der Waals surface area contributed by atoms with E-state index in [9.17, 15) is 4.79 Å². The van der Waals surface area contributed by atoms with Gasteiger partial charge in [0.2, 0.25) is 6.79 Å². The highest BCUT2D eigenvalue weighted by molar-refractivity contribution is 9.10. The lowest BCUT2D eigenvalue weighted by Gasteiger charge is -2.08. The van der Waals surface area contributed by atoms with Gasteiger partial charge in [-0.1, -0.05) is 34.1 Å². The minimum atomic E-state index is -0.183. The van der Waals surface area contributed by atoms with Crippen molar-refractivity contribution in [2.24, 2.45) is 0 Å². The molecule has 120 valence electrons. The van der Waals surface area contributed by atoms with Crippen LogP contribution in [-0.2, 0) is 13.0 Å². The summed E-state index contributed by atoms with van der Waals surface area (Å²) in [6, 6.07) is 13.5. The lowest BCUT2D eigenvalue weighted by Crippen LogP contribution is -2.36. The van der Waals surface area contributed by atoms with E-state index in [1.807, 2.05) is 42.5 Å². The van der Waals surface area contributed by atoms with Crippen LogP contribution >= 0.6 is 15.9 Å². The third-order valence-corrected chi connectivity index (χ3v) is 3.97. The Morgan fingerprint density at radius 2 is 1.91 bits per heavy atom. The Morgan fingerprint density at radius 3 is 2.78 bits per heavy atom. The summed E-state index contributed by atoms with van der Waals surface area (Å²) in [7, 11) is 0. The number of carbonyl (C=O) groups is 1. The van der Waals surface area contributed by atoms with Crippen LogP contribution in [0, 0.1) is 0 Å². The van der Waals surface area contributed by atoms with E-state index in [1.165, 1.54) is 5.56 Å². The molecule has 1 aliphatic rings. The fourth-order valence-corrected chi connectivity index (χ4v) is 2.76. The number of hydrogen-bond acceptors (Lipinski definition) is 3. The molecule has 5 nitrogen and oxygen atoms in total. The molecule has 1 heterocycles. The summed E-state index contributed by atoms with van der Waals surface area (Å²) < 4.78 is 11.6. The number of carbonyl (C=O) groups excluding carboxylic acids is 1. The molecule has 6 heteroatoms. The van der Waals surface area contributed by atoms with Gasteiger partial charge in [0.15, 0.2) is 11.5 Å². The molecular weight excluding hydrogens is 360 g/mol. The van der Waals surface area contributed by atoms with Crippen LogP contribution in [0.25, 0.3) is 0 Å². The van der Waals surface area contributed by atoms with Crippen molar-refractivity contribution in [3.8, 4) is 11.5 Å². The standard InChI is InChI=1S/C17H17BrN2O3/c18-14-3-1-2-12(8-14)6-7-19-17(21)20-10-13-4-5-15-16(9-13)23-11-22-15/h1-5,8-9H,6-7,10-11H2,(H2,19,20,21). The second kappa shape index (κ2) is 7.37. The van der Waals surface area contributed by atoms with Crippen molar-refractivity contribution in [1.29, 1.82) is 0 Å². The number of nitrogens with one attached hydrogen (secondary N) is 2. The minimum Gasteiger partial charge on any atom is -0.454 e. The Hall–Kier alpha value is -2.21. The topological polar surface area (TPSA) is 59.6 Å². The van der Waals surface area contributed by atoms with Gasteiger partial charge < -0.3 is 20.1 Å². The van der Waals surface area contributed by atoms with Gasteiger partial charge in [-0.2, -0.15) is 0 Å². The second-order valence-corrected chi connectivity index (χ2v) is 6.09. The van der Waals surface area contributed by atoms with Crippen LogP contribution in [0.3, 0.4) is 0 Å². The lowest BCUT2D eigenvalue weighted by molar-refractivity contribution is 0.174. The molecule has 0 bridgehead atoms. The number of benzene rings is 2. The van der Waals surface area contributed by atoms with Gasteiger partial charge in [0, 0.05) is 17.6 Å². The lowest BCUT2D eigenvalue weighted by atomic mass is 10.1. The summed E-state index contributed by atoms with van der Waals surface area (Å²) in [4.78, 5) is 11.8. The van der Waals surface area contributed by atoms with Gasteiger partial charge >= 0.3 is 6.03 Å². The first-order chi connectivity index (χ1) is 11.2. The van der Waals surface area contributed by atoms with E-state index in [0.717, 1.165) is 28.0 Å². The van der Waals surface area contributed by atoms with Crippen molar-refractivity contribution in [2.75, 3.05) is 13.3 Å². The van der Waals surface area contributed by atoms with Gasteiger partial charge in [0.25, 0.3) is 0 Å². The maximum absolute atomic E-state index is 11.8. The van der Waals surface area contributed by atoms with E-state index in [1.54, 1.807) is 0 Å². The van der Waals surface area contributed by atoms with E-state index in [0.29, 0.717) is 13.1 Å². The molecule has 0 spiro atoms. The van der Waals surface area contributed by atoms with Crippen molar-refractivity contribution >= 4 is 22.0 Å². The van der Waals surface area contributed by atoms with Gasteiger partial charge in [-0.25, -0.2) is 4.79 Å². The molecule has 1 aliphatic heterocycles. The predicted molar refractivity (Wildman–Crippen MR) is 90.6 cm³/mol. The highest BCUT2D eigenvalue weighted by Crippen LogP contribution is 2.32. The van der Waals surface area contributed by atoms with Crippen LogP contribution < -0.4 is 20.1 Å². The SMILES string of the molecule is O=C(NCCc1cccc(Br)c1)NCc1ccc2c(c1)OCO2. The van der Waals surface area contributed by atoms with Crippen molar-refractivity contribution < 1.29 is 14.3 Å². The number of hydrogen-bond donors (Lipinski definition) is 2. The van der Waals surface area contributed by atoms with Crippen molar-refractivity contribution in [2.45, 2.75) is 13.0 Å². The first kappa shape index (κ1) is 15.7. The Morgan fingerprint density at radius 1 is 1.04 bits per heavy atom. The molecule has 0 unspecified atom stereocenters. The molecule has 0 radical (unpaired) electrons. The quantitative estimate of drug-likeness (QED) is 0.841. The van der Waals surface area contributed by atoms with Crippen LogP contribution in [0.4, 0.5) is 4.79 Å². The van der Waals surface area contributed by atoms with Gasteiger partial charge in [-0.3, -0.25) is 0 Å². The Labute approximate surface area is 143 Å². The highest BCUT2D eigenvalue weighted by Gasteiger charge is 2.13. The van der Waals surface area contributed by atoms with Crippen LogP contribution in [-0.4, -0.2) is 19.4 Å². The number of amides is 2. The predicted octanol–water partition coefficient (Wildman–Crippen LogP) is 3.22. The molecule has 0 saturated heterocycles. The largest absolute Gasteiger partial charge is 0.454 e. The Kier molecular flexibility index (Phi) is 5.02. The summed E-state index contributed by atoms with van der Waals surface area (Å²) >= 11 is 3.44. The zero-order valence-electron chi connectivity index (χ0n) is 12.5. The smallest absolute Gasteiger partial charge is 0.315 e. The van der Waals surface area contributed by atoms with Crippen LogP contribution in [0.2, 0.25) is 0 Å². The van der Waals surface area contributed by atoms with E-state index in [2.05, 4.69) is 26.6 Å². The first-order valence-corrected chi connectivity index (χ1v) is 8.15. The molecule has 2 N–H and O–H groups in total. The zero-order valence-corrected chi connectivity index (χ0v) is 14.1. The maximum Gasteiger partial charge on any atom is 0.315 e. The van der Waals surface area contributed by atoms with Gasteiger partial charge in [0.05, 0.1) is 0 Å². The van der Waals surface area contributed by atoms with Crippen LogP contribution in [0.1, 0.15) is 11.1 Å². The molecule has 2 amide bonds. The van der Waals surface area contributed by atoms with E-state index in [4.69, 9.17) is 9.47 Å². The molecule has 23 heavy (non-hydrogen) atoms. The number of ether oxygens (including phenoxy) is 2. The fraction of sp³-hybridized carbons (Fsp3) is 0.235. The molecule has 0 fully saturated rings. The minimum absolute atomic E-state index is 0.183. The highest BCUT2D eigenvalue weighted by atomic mass is 79.9. The first-order valence-electron chi connectivity index (χ1n) is 7.35. The summed E-state index contributed by atoms with van der Waals surface area (Å²) in [6.07, 6.45) is 0.789. The molecule has 3 rings (SSSR count). The number of halogens is 1. The Bertz CT molecular complexity index is 706. The summed E-state index contributed by atoms with van der Waals surface area (Å²) in [5, 5.41) is 5.68. The van der Waals surface area contributed by atoms with Crippen LogP contribution in [0.15, 0.2) is 46.9 Å². The van der Waals surface area contributed by atoms with Crippen molar-refractivity contribution in [3.05, 3.63) is 58.1 Å². The van der Waals surface area contributed by atoms with E-state index < -0.39 is 0 Å². The van der Waals surface area contributed by atoms with Crippen LogP contribution in [0.5, 0.6) is 11.5 Å². The molecule has 2 aromatic carbocycles. The van der Waals surface area contributed by atoms with E-state index in [-0.39, 0.29) is 12.8 Å². The number of rotatable bonds is 5. The molecule has 0 saturated carbocycles. The van der Waals surface area contributed by atoms with E-state index >= 15 is 0 Å². The van der Waals surface area contributed by atoms with Gasteiger partial charge in [-0.05, 0) is 41.8 Å². The summed E-state index contributed by atoms with van der Waals surface area (Å²) in [5.74, 6) is 1.46. The molecule has 0 aliphatic carbocycles. The third kappa shape index (κ3) is 4.39. The second-order valence-electron chi connectivity index (χ2n) is 5.18. The number of urea groups is 1. The fourth-order valence-electron chi connectivity index (χ4n) is 2.31. The average molecular weight is 377 g/mol. The molecule has 0 aromatic heterocycles. The van der Waals surface area contributed by atoms with Crippen molar-refractivity contribution in [3.63, 3.8) is 0 Å². The number of fused-ring (bicyclic) bond motifs is 1. The summed E-state index contributed by atoms with van der Waals surface area (Å²) in [5.41, 5.74) is 2.15. The molecule has 2 aromatic rings. The zero-order chi connectivity index (χ0) is 16.1. The Balaban J connectivity index is 1.41. The maximum atomic E-state index is 11.8. The normalized spacial score (nSPS) is 12.0. The van der Waals surface area contributed by atoms with Crippen molar-refractivity contribution in [1.82, 2.24) is 10.6 Å². The molecule has 0 atom stereocenters.